The molecule has 1 aliphatic heterocycles. The van der Waals surface area contributed by atoms with Crippen molar-refractivity contribution in [1.82, 2.24) is 5.01 Å². The minimum atomic E-state index is 0.455. The monoisotopic (exact) mass is 149 g/mol. The van der Waals surface area contributed by atoms with E-state index < -0.39 is 0 Å². The molecule has 3 nitrogen and oxygen atoms in total. The highest BCUT2D eigenvalue weighted by Crippen LogP contribution is 2.33. The fraction of sp³-hybridized carbons (Fsp3) is 0.750. The zero-order valence-corrected chi connectivity index (χ0v) is 6.45. The van der Waals surface area contributed by atoms with Gasteiger partial charge in [0.05, 0.1) is 6.07 Å². The molecule has 0 spiro atoms. The highest BCUT2D eigenvalue weighted by Gasteiger charge is 2.30. The lowest BCUT2D eigenvalue weighted by atomic mass is 10.2. The first-order valence-corrected chi connectivity index (χ1v) is 4.09. The molecule has 0 aromatic rings. The molecule has 58 valence electrons. The minimum absolute atomic E-state index is 0.455. The molecule has 2 rings (SSSR count). The Labute approximate surface area is 66.3 Å². The first kappa shape index (κ1) is 6.66. The number of hydrogen-bond acceptors (Lipinski definition) is 3. The summed E-state index contributed by atoms with van der Waals surface area (Å²) in [5.74, 6) is 0.777. The number of hydrogen-bond donors (Lipinski definition) is 0. The van der Waals surface area contributed by atoms with Crippen molar-refractivity contribution in [2.75, 3.05) is 13.1 Å². The number of nitrogens with zero attached hydrogens (tertiary/aromatic N) is 3. The lowest BCUT2D eigenvalue weighted by Gasteiger charge is -2.05. The summed E-state index contributed by atoms with van der Waals surface area (Å²) >= 11 is 0. The van der Waals surface area contributed by atoms with Crippen molar-refractivity contribution in [3.05, 3.63) is 0 Å². The second kappa shape index (κ2) is 2.54. The Morgan fingerprint density at radius 1 is 1.64 bits per heavy atom. The summed E-state index contributed by atoms with van der Waals surface area (Å²) in [6.45, 7) is 1.41. The minimum Gasteiger partial charge on any atom is -0.283 e. The zero-order valence-electron chi connectivity index (χ0n) is 6.45. The van der Waals surface area contributed by atoms with Crippen molar-refractivity contribution in [3.63, 3.8) is 0 Å². The third-order valence-corrected chi connectivity index (χ3v) is 2.20. The summed E-state index contributed by atoms with van der Waals surface area (Å²) in [6.07, 6.45) is 3.73. The van der Waals surface area contributed by atoms with Gasteiger partial charge < -0.3 is 0 Å². The Balaban J connectivity index is 1.93. The Morgan fingerprint density at radius 2 is 2.45 bits per heavy atom. The average Bonchev–Trinajstić information content (AvgIpc) is 2.75. The Morgan fingerprint density at radius 3 is 3.09 bits per heavy atom. The molecule has 0 radical (unpaired) electrons. The number of rotatable bonds is 2. The fourth-order valence-electron chi connectivity index (χ4n) is 1.42. The van der Waals surface area contributed by atoms with Gasteiger partial charge in [0, 0.05) is 18.7 Å². The van der Waals surface area contributed by atoms with E-state index in [1.54, 1.807) is 0 Å². The maximum absolute atomic E-state index is 8.41. The van der Waals surface area contributed by atoms with Crippen LogP contribution in [-0.2, 0) is 0 Å². The van der Waals surface area contributed by atoms with Gasteiger partial charge in [0.1, 0.15) is 6.54 Å². The van der Waals surface area contributed by atoms with Gasteiger partial charge in [0.15, 0.2) is 0 Å². The van der Waals surface area contributed by atoms with E-state index in [0.29, 0.717) is 6.54 Å². The highest BCUT2D eigenvalue weighted by atomic mass is 15.5. The van der Waals surface area contributed by atoms with Crippen molar-refractivity contribution in [1.29, 1.82) is 5.26 Å². The Kier molecular flexibility index (Phi) is 1.54. The highest BCUT2D eigenvalue weighted by molar-refractivity contribution is 5.89. The molecular weight excluding hydrogens is 138 g/mol. The van der Waals surface area contributed by atoms with Crippen LogP contribution in [0, 0.1) is 17.2 Å². The van der Waals surface area contributed by atoms with Crippen LogP contribution in [0.5, 0.6) is 0 Å². The van der Waals surface area contributed by atoms with Crippen LogP contribution in [-0.4, -0.2) is 23.8 Å². The van der Waals surface area contributed by atoms with Gasteiger partial charge in [-0.05, 0) is 18.8 Å². The Hall–Kier alpha value is -1.04. The Bertz CT molecular complexity index is 222. The van der Waals surface area contributed by atoms with Gasteiger partial charge in [-0.25, -0.2) is 0 Å². The smallest absolute Gasteiger partial charge is 0.123 e. The summed E-state index contributed by atoms with van der Waals surface area (Å²) in [5.41, 5.74) is 1.33. The molecule has 0 saturated heterocycles. The van der Waals surface area contributed by atoms with Crippen LogP contribution >= 0.6 is 0 Å². The van der Waals surface area contributed by atoms with Gasteiger partial charge in [-0.1, -0.05) is 0 Å². The molecule has 0 bridgehead atoms. The molecule has 1 fully saturated rings. The first-order chi connectivity index (χ1) is 5.40. The van der Waals surface area contributed by atoms with Crippen LogP contribution in [0.15, 0.2) is 5.10 Å². The van der Waals surface area contributed by atoms with Crippen molar-refractivity contribution in [2.45, 2.75) is 19.3 Å². The van der Waals surface area contributed by atoms with Gasteiger partial charge in [-0.15, -0.1) is 0 Å². The normalized spacial score (nSPS) is 23.2. The van der Waals surface area contributed by atoms with Gasteiger partial charge in [-0.2, -0.15) is 10.4 Å². The van der Waals surface area contributed by atoms with E-state index in [1.165, 1.54) is 18.6 Å². The molecule has 0 unspecified atom stereocenters. The molecule has 1 saturated carbocycles. The molecule has 0 N–H and O–H groups in total. The third kappa shape index (κ3) is 1.35. The number of hydrazone groups is 1. The van der Waals surface area contributed by atoms with Crippen LogP contribution in [0.4, 0.5) is 0 Å². The molecular formula is C8H11N3. The first-order valence-electron chi connectivity index (χ1n) is 4.09. The summed E-state index contributed by atoms with van der Waals surface area (Å²) in [4.78, 5) is 0. The topological polar surface area (TPSA) is 39.4 Å². The standard InChI is InChI=1S/C8H11N3/c9-4-6-11-5-3-8(10-11)7-1-2-7/h7H,1-3,5-6H2. The van der Waals surface area contributed by atoms with E-state index >= 15 is 0 Å². The second-order valence-electron chi connectivity index (χ2n) is 3.16. The van der Waals surface area contributed by atoms with Gasteiger partial charge in [-0.3, -0.25) is 5.01 Å². The second-order valence-corrected chi connectivity index (χ2v) is 3.16. The van der Waals surface area contributed by atoms with Gasteiger partial charge in [0.25, 0.3) is 0 Å². The predicted octanol–water partition coefficient (Wildman–Crippen LogP) is 0.982. The van der Waals surface area contributed by atoms with Crippen LogP contribution in [0.25, 0.3) is 0 Å². The molecule has 3 heteroatoms. The van der Waals surface area contributed by atoms with Crippen molar-refractivity contribution in [3.8, 4) is 6.07 Å². The lowest BCUT2D eigenvalue weighted by Crippen LogP contribution is -2.13. The number of nitriles is 1. The summed E-state index contributed by atoms with van der Waals surface area (Å²) in [7, 11) is 0. The van der Waals surface area contributed by atoms with E-state index in [2.05, 4.69) is 11.2 Å². The average molecular weight is 149 g/mol. The SMILES string of the molecule is N#CCN1CCC(C2CC2)=N1. The van der Waals surface area contributed by atoms with Crippen LogP contribution in [0.1, 0.15) is 19.3 Å². The quantitative estimate of drug-likeness (QED) is 0.549. The van der Waals surface area contributed by atoms with Crippen molar-refractivity contribution in [2.24, 2.45) is 11.0 Å². The van der Waals surface area contributed by atoms with Crippen LogP contribution in [0.3, 0.4) is 0 Å². The van der Waals surface area contributed by atoms with E-state index in [9.17, 15) is 0 Å². The molecule has 0 aromatic heterocycles. The molecule has 11 heavy (non-hydrogen) atoms. The maximum atomic E-state index is 8.41. The fourth-order valence-corrected chi connectivity index (χ4v) is 1.42. The van der Waals surface area contributed by atoms with E-state index in [4.69, 9.17) is 5.26 Å². The molecule has 0 atom stereocenters. The summed E-state index contributed by atoms with van der Waals surface area (Å²) in [5, 5.41) is 14.6. The van der Waals surface area contributed by atoms with Crippen LogP contribution in [0.2, 0.25) is 0 Å². The molecule has 1 aliphatic carbocycles. The summed E-state index contributed by atoms with van der Waals surface area (Å²) < 4.78 is 0. The third-order valence-electron chi connectivity index (χ3n) is 2.20. The molecule has 0 aromatic carbocycles. The molecule has 0 amide bonds. The summed E-state index contributed by atoms with van der Waals surface area (Å²) in [6, 6.07) is 2.11. The lowest BCUT2D eigenvalue weighted by molar-refractivity contribution is 0.358. The van der Waals surface area contributed by atoms with E-state index in [0.717, 1.165) is 18.9 Å². The molecule has 1 heterocycles. The van der Waals surface area contributed by atoms with Crippen molar-refractivity contribution < 1.29 is 0 Å². The van der Waals surface area contributed by atoms with Crippen molar-refractivity contribution >= 4 is 5.71 Å². The van der Waals surface area contributed by atoms with E-state index in [1.807, 2.05) is 5.01 Å². The maximum Gasteiger partial charge on any atom is 0.123 e. The van der Waals surface area contributed by atoms with Crippen LogP contribution < -0.4 is 0 Å². The van der Waals surface area contributed by atoms with Gasteiger partial charge in [0.2, 0.25) is 0 Å². The van der Waals surface area contributed by atoms with E-state index in [-0.39, 0.29) is 0 Å². The predicted molar refractivity (Wildman–Crippen MR) is 42.0 cm³/mol. The molecule has 2 aliphatic rings. The zero-order chi connectivity index (χ0) is 7.68. The van der Waals surface area contributed by atoms with Gasteiger partial charge >= 0.3 is 0 Å². The largest absolute Gasteiger partial charge is 0.283 e.